The Hall–Kier alpha value is -1.77. The van der Waals surface area contributed by atoms with Crippen LogP contribution in [-0.4, -0.2) is 30.9 Å². The Bertz CT molecular complexity index is 455. The lowest BCUT2D eigenvalue weighted by Crippen LogP contribution is -2.24. The van der Waals surface area contributed by atoms with E-state index in [0.717, 1.165) is 30.5 Å². The highest BCUT2D eigenvalue weighted by atomic mass is 16.2. The largest absolute Gasteiger partial charge is 0.387 e. The molecule has 0 aromatic rings. The minimum absolute atomic E-state index is 0.154. The van der Waals surface area contributed by atoms with Gasteiger partial charge in [-0.3, -0.25) is 4.79 Å². The minimum atomic E-state index is 0.154. The summed E-state index contributed by atoms with van der Waals surface area (Å²) in [6, 6.07) is 0. The molecule has 3 heteroatoms. The Morgan fingerprint density at radius 2 is 2.33 bits per heavy atom. The molecule has 0 spiro atoms. The first kappa shape index (κ1) is 12.7. The molecule has 2 rings (SSSR count). The van der Waals surface area contributed by atoms with Crippen molar-refractivity contribution in [3.05, 3.63) is 47.2 Å². The van der Waals surface area contributed by atoms with E-state index in [2.05, 4.69) is 24.4 Å². The second kappa shape index (κ2) is 5.71. The van der Waals surface area contributed by atoms with E-state index in [1.807, 2.05) is 25.4 Å². The van der Waals surface area contributed by atoms with Crippen molar-refractivity contribution in [1.29, 1.82) is 0 Å². The van der Waals surface area contributed by atoms with Crippen LogP contribution < -0.4 is 5.32 Å². The standard InChI is InChI=1S/C15H20N2O/c1-3-4-9-16-10-12-7-5-6-8-13-11-17(2)15(18)14(12)13/h4-7,9,16H,3,8,10-11H2,1-2H3/b9-4-. The number of rotatable bonds is 4. The summed E-state index contributed by atoms with van der Waals surface area (Å²) < 4.78 is 0. The van der Waals surface area contributed by atoms with Gasteiger partial charge in [0.05, 0.1) is 0 Å². The summed E-state index contributed by atoms with van der Waals surface area (Å²) in [5.74, 6) is 0.154. The van der Waals surface area contributed by atoms with Gasteiger partial charge in [0, 0.05) is 25.7 Å². The van der Waals surface area contributed by atoms with Gasteiger partial charge >= 0.3 is 0 Å². The fourth-order valence-corrected chi connectivity index (χ4v) is 2.31. The van der Waals surface area contributed by atoms with E-state index in [0.29, 0.717) is 6.54 Å². The van der Waals surface area contributed by atoms with Crippen molar-refractivity contribution in [2.24, 2.45) is 0 Å². The lowest BCUT2D eigenvalue weighted by atomic mass is 10.0. The van der Waals surface area contributed by atoms with Crippen molar-refractivity contribution in [3.63, 3.8) is 0 Å². The predicted molar refractivity (Wildman–Crippen MR) is 73.9 cm³/mol. The molecule has 0 saturated heterocycles. The third-order valence-corrected chi connectivity index (χ3v) is 3.22. The molecule has 2 aliphatic rings. The second-order valence-corrected chi connectivity index (χ2v) is 4.66. The first-order chi connectivity index (χ1) is 8.74. The highest BCUT2D eigenvalue weighted by molar-refractivity contribution is 6.01. The number of hydrogen-bond acceptors (Lipinski definition) is 2. The van der Waals surface area contributed by atoms with Crippen LogP contribution in [0.5, 0.6) is 0 Å². The lowest BCUT2D eigenvalue weighted by molar-refractivity contribution is -0.124. The van der Waals surface area contributed by atoms with Crippen LogP contribution in [0.15, 0.2) is 47.2 Å². The summed E-state index contributed by atoms with van der Waals surface area (Å²) >= 11 is 0. The summed E-state index contributed by atoms with van der Waals surface area (Å²) in [5, 5.41) is 3.24. The molecule has 1 aliphatic carbocycles. The van der Waals surface area contributed by atoms with E-state index in [9.17, 15) is 4.79 Å². The summed E-state index contributed by atoms with van der Waals surface area (Å²) in [5.41, 5.74) is 3.25. The molecule has 1 N–H and O–H groups in total. The summed E-state index contributed by atoms with van der Waals surface area (Å²) in [4.78, 5) is 13.9. The third kappa shape index (κ3) is 2.55. The fraction of sp³-hybridized carbons (Fsp3) is 0.400. The van der Waals surface area contributed by atoms with Gasteiger partial charge in [-0.15, -0.1) is 0 Å². The molecule has 0 fully saturated rings. The summed E-state index contributed by atoms with van der Waals surface area (Å²) in [7, 11) is 1.86. The fourth-order valence-electron chi connectivity index (χ4n) is 2.31. The van der Waals surface area contributed by atoms with Crippen LogP contribution >= 0.6 is 0 Å². The van der Waals surface area contributed by atoms with Crippen LogP contribution in [0.25, 0.3) is 0 Å². The Kier molecular flexibility index (Phi) is 4.03. The number of likely N-dealkylation sites (N-methyl/N-ethyl adjacent to an activating group) is 1. The van der Waals surface area contributed by atoms with Gasteiger partial charge in [0.15, 0.2) is 0 Å². The Morgan fingerprint density at radius 3 is 3.11 bits per heavy atom. The number of allylic oxidation sites excluding steroid dienone is 4. The summed E-state index contributed by atoms with van der Waals surface area (Å²) in [6.45, 7) is 3.57. The van der Waals surface area contributed by atoms with Crippen molar-refractivity contribution in [3.8, 4) is 0 Å². The molecule has 96 valence electrons. The van der Waals surface area contributed by atoms with Crippen LogP contribution in [0.1, 0.15) is 19.8 Å². The molecule has 1 aliphatic heterocycles. The predicted octanol–water partition coefficient (Wildman–Crippen LogP) is 2.15. The van der Waals surface area contributed by atoms with Crippen LogP contribution in [0.4, 0.5) is 0 Å². The second-order valence-electron chi connectivity index (χ2n) is 4.66. The highest BCUT2D eigenvalue weighted by Gasteiger charge is 2.29. The first-order valence-corrected chi connectivity index (χ1v) is 6.46. The van der Waals surface area contributed by atoms with E-state index >= 15 is 0 Å². The van der Waals surface area contributed by atoms with Crippen LogP contribution in [0.2, 0.25) is 0 Å². The number of hydrogen-bond donors (Lipinski definition) is 1. The maximum Gasteiger partial charge on any atom is 0.254 e. The first-order valence-electron chi connectivity index (χ1n) is 6.46. The van der Waals surface area contributed by atoms with Gasteiger partial charge in [-0.1, -0.05) is 31.2 Å². The number of carbonyl (C=O) groups is 1. The molecule has 1 heterocycles. The molecule has 0 saturated carbocycles. The van der Waals surface area contributed by atoms with E-state index in [1.165, 1.54) is 5.57 Å². The lowest BCUT2D eigenvalue weighted by Gasteiger charge is -2.11. The van der Waals surface area contributed by atoms with Gasteiger partial charge in [0.2, 0.25) is 0 Å². The van der Waals surface area contributed by atoms with E-state index in [-0.39, 0.29) is 5.91 Å². The van der Waals surface area contributed by atoms with Crippen LogP contribution in [0.3, 0.4) is 0 Å². The summed E-state index contributed by atoms with van der Waals surface area (Å²) in [6.07, 6.45) is 12.1. The van der Waals surface area contributed by atoms with Gasteiger partial charge in [-0.25, -0.2) is 0 Å². The molecule has 3 nitrogen and oxygen atoms in total. The molecule has 0 unspecified atom stereocenters. The Morgan fingerprint density at radius 1 is 1.50 bits per heavy atom. The number of nitrogens with one attached hydrogen (secondary N) is 1. The molecule has 0 aromatic heterocycles. The third-order valence-electron chi connectivity index (χ3n) is 3.22. The van der Waals surface area contributed by atoms with E-state index in [1.54, 1.807) is 4.90 Å². The molecule has 0 radical (unpaired) electrons. The molecule has 0 aromatic carbocycles. The van der Waals surface area contributed by atoms with Crippen molar-refractivity contribution < 1.29 is 4.79 Å². The van der Waals surface area contributed by atoms with Gasteiger partial charge in [0.1, 0.15) is 0 Å². The molecule has 18 heavy (non-hydrogen) atoms. The number of carbonyl (C=O) groups excluding carboxylic acids is 1. The van der Waals surface area contributed by atoms with E-state index in [4.69, 9.17) is 0 Å². The minimum Gasteiger partial charge on any atom is -0.387 e. The van der Waals surface area contributed by atoms with Gasteiger partial charge in [-0.05, 0) is 30.2 Å². The number of nitrogens with zero attached hydrogens (tertiary/aromatic N) is 1. The zero-order valence-electron chi connectivity index (χ0n) is 11.1. The van der Waals surface area contributed by atoms with Crippen molar-refractivity contribution in [1.82, 2.24) is 10.2 Å². The average molecular weight is 244 g/mol. The topological polar surface area (TPSA) is 32.3 Å². The smallest absolute Gasteiger partial charge is 0.254 e. The van der Waals surface area contributed by atoms with Gasteiger partial charge < -0.3 is 10.2 Å². The SMILES string of the molecule is CC/C=C\NCC1=CC=CCC2=C1C(=O)N(C)C2. The van der Waals surface area contributed by atoms with Crippen molar-refractivity contribution in [2.75, 3.05) is 20.1 Å². The number of amides is 1. The average Bonchev–Trinajstić information content (AvgIpc) is 2.53. The molecular weight excluding hydrogens is 224 g/mol. The Labute approximate surface area is 109 Å². The van der Waals surface area contributed by atoms with Crippen LogP contribution in [-0.2, 0) is 4.79 Å². The monoisotopic (exact) mass is 244 g/mol. The quantitative estimate of drug-likeness (QED) is 0.822. The van der Waals surface area contributed by atoms with Crippen LogP contribution in [0, 0.1) is 0 Å². The molecular formula is C15H20N2O. The van der Waals surface area contributed by atoms with Gasteiger partial charge in [0.25, 0.3) is 5.91 Å². The maximum absolute atomic E-state index is 12.1. The normalized spacial score (nSPS) is 19.3. The van der Waals surface area contributed by atoms with Crippen molar-refractivity contribution >= 4 is 5.91 Å². The zero-order valence-corrected chi connectivity index (χ0v) is 11.1. The molecule has 0 atom stereocenters. The van der Waals surface area contributed by atoms with E-state index < -0.39 is 0 Å². The van der Waals surface area contributed by atoms with Gasteiger partial charge in [-0.2, -0.15) is 0 Å². The maximum atomic E-state index is 12.1. The van der Waals surface area contributed by atoms with Crippen molar-refractivity contribution in [2.45, 2.75) is 19.8 Å². The Balaban J connectivity index is 2.14. The zero-order chi connectivity index (χ0) is 13.0. The molecule has 0 bridgehead atoms. The molecule has 1 amide bonds. The highest BCUT2D eigenvalue weighted by Crippen LogP contribution is 2.28.